The van der Waals surface area contributed by atoms with Gasteiger partial charge < -0.3 is 10.1 Å². The largest absolute Gasteiger partial charge is 0.378 e. The molecule has 6 heteroatoms. The Bertz CT molecular complexity index is 517. The number of aryl methyl sites for hydroxylation is 1. The van der Waals surface area contributed by atoms with Gasteiger partial charge in [0.05, 0.1) is 11.0 Å². The Morgan fingerprint density at radius 3 is 2.77 bits per heavy atom. The minimum Gasteiger partial charge on any atom is -0.378 e. The molecule has 0 aliphatic carbocycles. The van der Waals surface area contributed by atoms with Crippen molar-refractivity contribution < 1.29 is 9.66 Å². The van der Waals surface area contributed by atoms with Crippen molar-refractivity contribution >= 4 is 11.5 Å². The molecule has 0 aromatic carbocycles. The average molecular weight is 307 g/mol. The summed E-state index contributed by atoms with van der Waals surface area (Å²) in [5.41, 5.74) is 0.506. The fraction of sp³-hybridized carbons (Fsp3) is 0.688. The van der Waals surface area contributed by atoms with Gasteiger partial charge in [-0.05, 0) is 31.7 Å². The molecule has 2 rings (SSSR count). The van der Waals surface area contributed by atoms with E-state index in [1.165, 1.54) is 6.07 Å². The zero-order valence-electron chi connectivity index (χ0n) is 13.5. The second-order valence-electron chi connectivity index (χ2n) is 5.91. The van der Waals surface area contributed by atoms with E-state index < -0.39 is 4.92 Å². The van der Waals surface area contributed by atoms with Gasteiger partial charge in [-0.3, -0.25) is 10.1 Å². The lowest BCUT2D eigenvalue weighted by Gasteiger charge is -2.34. The number of pyridine rings is 1. The predicted molar refractivity (Wildman–Crippen MR) is 86.1 cm³/mol. The standard InChI is InChI=1S/C16H25N3O3/c1-4-12(5-2)15-10-13(8-9-22-15)18-16-7-6-14(19(20)21)11(3)17-16/h6-7,12-13,15H,4-5,8-10H2,1-3H3,(H,17,18). The first-order valence-corrected chi connectivity index (χ1v) is 8.05. The van der Waals surface area contributed by atoms with E-state index in [9.17, 15) is 10.1 Å². The SMILES string of the molecule is CCC(CC)C1CC(Nc2ccc([N+](=O)[O-])c(C)n2)CCO1. The Hall–Kier alpha value is -1.69. The van der Waals surface area contributed by atoms with E-state index in [-0.39, 0.29) is 5.69 Å². The highest BCUT2D eigenvalue weighted by molar-refractivity contribution is 5.45. The van der Waals surface area contributed by atoms with Gasteiger partial charge in [-0.1, -0.05) is 26.7 Å². The molecule has 1 aromatic heterocycles. The first kappa shape index (κ1) is 16.7. The third kappa shape index (κ3) is 3.94. The van der Waals surface area contributed by atoms with Crippen LogP contribution in [0.1, 0.15) is 45.2 Å². The molecule has 1 fully saturated rings. The Balaban J connectivity index is 2.01. The molecule has 22 heavy (non-hydrogen) atoms. The van der Waals surface area contributed by atoms with Crippen molar-refractivity contribution in [2.75, 3.05) is 11.9 Å². The summed E-state index contributed by atoms with van der Waals surface area (Å²) in [6.45, 7) is 6.83. The molecule has 122 valence electrons. The summed E-state index contributed by atoms with van der Waals surface area (Å²) in [4.78, 5) is 14.7. The van der Waals surface area contributed by atoms with Crippen LogP contribution < -0.4 is 5.32 Å². The third-order valence-corrected chi connectivity index (χ3v) is 4.50. The number of hydrogen-bond acceptors (Lipinski definition) is 5. The van der Waals surface area contributed by atoms with Crippen molar-refractivity contribution in [2.45, 2.75) is 58.6 Å². The first-order chi connectivity index (χ1) is 10.5. The molecule has 0 saturated carbocycles. The van der Waals surface area contributed by atoms with E-state index in [4.69, 9.17) is 4.74 Å². The van der Waals surface area contributed by atoms with Gasteiger partial charge in [0.25, 0.3) is 5.69 Å². The lowest BCUT2D eigenvalue weighted by Crippen LogP contribution is -2.38. The number of anilines is 1. The minimum absolute atomic E-state index is 0.0624. The lowest BCUT2D eigenvalue weighted by atomic mass is 9.89. The van der Waals surface area contributed by atoms with E-state index in [1.54, 1.807) is 13.0 Å². The molecule has 0 amide bonds. The number of nitro groups is 1. The van der Waals surface area contributed by atoms with Crippen molar-refractivity contribution in [3.63, 3.8) is 0 Å². The molecule has 1 aliphatic heterocycles. The molecular weight excluding hydrogens is 282 g/mol. The van der Waals surface area contributed by atoms with Crippen LogP contribution in [0.3, 0.4) is 0 Å². The summed E-state index contributed by atoms with van der Waals surface area (Å²) in [5, 5.41) is 14.2. The van der Waals surface area contributed by atoms with E-state index in [1.807, 2.05) is 0 Å². The van der Waals surface area contributed by atoms with Crippen LogP contribution in [0.25, 0.3) is 0 Å². The van der Waals surface area contributed by atoms with E-state index in [2.05, 4.69) is 24.1 Å². The van der Waals surface area contributed by atoms with Gasteiger partial charge in [0, 0.05) is 18.7 Å². The predicted octanol–water partition coefficient (Wildman–Crippen LogP) is 3.69. The topological polar surface area (TPSA) is 77.3 Å². The van der Waals surface area contributed by atoms with Crippen molar-refractivity contribution in [1.82, 2.24) is 4.98 Å². The second kappa shape index (κ2) is 7.54. The summed E-state index contributed by atoms with van der Waals surface area (Å²) in [7, 11) is 0. The molecule has 0 bridgehead atoms. The molecule has 1 aliphatic rings. The normalized spacial score (nSPS) is 21.8. The second-order valence-corrected chi connectivity index (χ2v) is 5.91. The van der Waals surface area contributed by atoms with Gasteiger partial charge >= 0.3 is 0 Å². The molecule has 1 saturated heterocycles. The molecule has 1 aromatic rings. The van der Waals surface area contributed by atoms with E-state index >= 15 is 0 Å². The number of ether oxygens (including phenoxy) is 1. The number of rotatable bonds is 6. The summed E-state index contributed by atoms with van der Waals surface area (Å²) in [6, 6.07) is 3.52. The maximum atomic E-state index is 10.8. The molecule has 2 heterocycles. The summed E-state index contributed by atoms with van der Waals surface area (Å²) >= 11 is 0. The van der Waals surface area contributed by atoms with Crippen LogP contribution in [0, 0.1) is 23.0 Å². The van der Waals surface area contributed by atoms with Crippen molar-refractivity contribution in [1.29, 1.82) is 0 Å². The summed E-state index contributed by atoms with van der Waals surface area (Å²) in [5.74, 6) is 1.30. The summed E-state index contributed by atoms with van der Waals surface area (Å²) < 4.78 is 5.91. The van der Waals surface area contributed by atoms with Crippen molar-refractivity contribution in [2.24, 2.45) is 5.92 Å². The third-order valence-electron chi connectivity index (χ3n) is 4.50. The minimum atomic E-state index is -0.399. The molecule has 2 unspecified atom stereocenters. The van der Waals surface area contributed by atoms with Crippen LogP contribution in [0.2, 0.25) is 0 Å². The highest BCUT2D eigenvalue weighted by Gasteiger charge is 2.27. The van der Waals surface area contributed by atoms with E-state index in [0.29, 0.717) is 29.6 Å². The maximum absolute atomic E-state index is 10.8. The molecular formula is C16H25N3O3. The van der Waals surface area contributed by atoms with Crippen LogP contribution in [-0.4, -0.2) is 28.7 Å². The number of aromatic nitrogens is 1. The smallest absolute Gasteiger partial charge is 0.290 e. The first-order valence-electron chi connectivity index (χ1n) is 8.05. The quantitative estimate of drug-likeness (QED) is 0.640. The van der Waals surface area contributed by atoms with E-state index in [0.717, 1.165) is 32.3 Å². The van der Waals surface area contributed by atoms with Gasteiger partial charge in [0.15, 0.2) is 0 Å². The molecule has 6 nitrogen and oxygen atoms in total. The van der Waals surface area contributed by atoms with Gasteiger partial charge in [-0.25, -0.2) is 4.98 Å². The van der Waals surface area contributed by atoms with Crippen LogP contribution in [0.5, 0.6) is 0 Å². The van der Waals surface area contributed by atoms with Crippen LogP contribution in [0.4, 0.5) is 11.5 Å². The maximum Gasteiger partial charge on any atom is 0.290 e. The molecule has 0 spiro atoms. The lowest BCUT2D eigenvalue weighted by molar-refractivity contribution is -0.385. The van der Waals surface area contributed by atoms with Crippen LogP contribution in [0.15, 0.2) is 12.1 Å². The number of hydrogen-bond donors (Lipinski definition) is 1. The van der Waals surface area contributed by atoms with Gasteiger partial charge in [0.2, 0.25) is 0 Å². The van der Waals surface area contributed by atoms with Crippen molar-refractivity contribution in [3.8, 4) is 0 Å². The Kier molecular flexibility index (Phi) is 5.71. The fourth-order valence-corrected chi connectivity index (χ4v) is 3.14. The monoisotopic (exact) mass is 307 g/mol. The number of nitrogens with one attached hydrogen (secondary N) is 1. The Labute approximate surface area is 131 Å². The fourth-order valence-electron chi connectivity index (χ4n) is 3.14. The average Bonchev–Trinajstić information content (AvgIpc) is 2.48. The van der Waals surface area contributed by atoms with Gasteiger partial charge in [0.1, 0.15) is 11.5 Å². The van der Waals surface area contributed by atoms with Crippen LogP contribution >= 0.6 is 0 Å². The molecule has 0 radical (unpaired) electrons. The van der Waals surface area contributed by atoms with Crippen molar-refractivity contribution in [3.05, 3.63) is 27.9 Å². The highest BCUT2D eigenvalue weighted by Crippen LogP contribution is 2.27. The number of nitrogens with zero attached hydrogens (tertiary/aromatic N) is 2. The van der Waals surface area contributed by atoms with Gasteiger partial charge in [-0.15, -0.1) is 0 Å². The summed E-state index contributed by atoms with van der Waals surface area (Å²) in [6.07, 6.45) is 4.45. The van der Waals surface area contributed by atoms with Crippen LogP contribution in [-0.2, 0) is 4.74 Å². The highest BCUT2D eigenvalue weighted by atomic mass is 16.6. The molecule has 2 atom stereocenters. The zero-order valence-corrected chi connectivity index (χ0v) is 13.5. The Morgan fingerprint density at radius 2 is 2.18 bits per heavy atom. The van der Waals surface area contributed by atoms with Gasteiger partial charge in [-0.2, -0.15) is 0 Å². The zero-order chi connectivity index (χ0) is 16.1. The Morgan fingerprint density at radius 1 is 1.45 bits per heavy atom. The molecule has 1 N–H and O–H groups in total.